The van der Waals surface area contributed by atoms with E-state index in [2.05, 4.69) is 23.2 Å². The second kappa shape index (κ2) is 6.71. The molecule has 26 heavy (non-hydrogen) atoms. The molecule has 0 aliphatic carbocycles. The number of carbonyl (C=O) groups is 1. The first-order valence-electron chi connectivity index (χ1n) is 8.65. The van der Waals surface area contributed by atoms with Gasteiger partial charge < -0.3 is 4.90 Å². The van der Waals surface area contributed by atoms with Gasteiger partial charge in [0.1, 0.15) is 5.82 Å². The van der Waals surface area contributed by atoms with Gasteiger partial charge in [0.25, 0.3) is 5.91 Å². The smallest absolute Gasteiger partial charge is 0.255 e. The Morgan fingerprint density at radius 3 is 2.69 bits per heavy atom. The normalized spacial score (nSPS) is 13.2. The summed E-state index contributed by atoms with van der Waals surface area (Å²) < 4.78 is 13.4. The Hall–Kier alpha value is -3.01. The van der Waals surface area contributed by atoms with Crippen molar-refractivity contribution in [3.05, 3.63) is 100 Å². The van der Waals surface area contributed by atoms with E-state index in [1.165, 1.54) is 17.7 Å². The van der Waals surface area contributed by atoms with Crippen molar-refractivity contribution in [2.75, 3.05) is 0 Å². The molecule has 0 bridgehead atoms. The number of halogens is 1. The van der Waals surface area contributed by atoms with Crippen molar-refractivity contribution in [2.24, 2.45) is 0 Å². The van der Waals surface area contributed by atoms with Crippen LogP contribution in [0.1, 0.15) is 38.2 Å². The monoisotopic (exact) mass is 346 g/mol. The summed E-state index contributed by atoms with van der Waals surface area (Å²) in [6.45, 7) is 2.96. The van der Waals surface area contributed by atoms with Gasteiger partial charge in [-0.25, -0.2) is 4.39 Å². The van der Waals surface area contributed by atoms with Crippen molar-refractivity contribution in [2.45, 2.75) is 26.4 Å². The van der Waals surface area contributed by atoms with Gasteiger partial charge in [-0.3, -0.25) is 9.78 Å². The Morgan fingerprint density at radius 1 is 1.08 bits per heavy atom. The maximum absolute atomic E-state index is 13.4. The highest BCUT2D eigenvalue weighted by Crippen LogP contribution is 2.29. The molecule has 1 aromatic heterocycles. The van der Waals surface area contributed by atoms with Crippen molar-refractivity contribution >= 4 is 5.91 Å². The maximum atomic E-state index is 13.4. The number of pyridine rings is 1. The zero-order valence-corrected chi connectivity index (χ0v) is 14.6. The molecular weight excluding hydrogens is 327 g/mol. The average Bonchev–Trinajstić information content (AvgIpc) is 2.92. The quantitative estimate of drug-likeness (QED) is 0.707. The third-order valence-electron chi connectivity index (χ3n) is 4.73. The SMILES string of the molecule is Cc1cc(Cc2cccnc2)cc2c1C(=O)N(Cc1cccc(F)c1)C2. The molecule has 130 valence electrons. The largest absolute Gasteiger partial charge is 0.330 e. The fraction of sp³-hybridized carbons (Fsp3) is 0.182. The summed E-state index contributed by atoms with van der Waals surface area (Å²) >= 11 is 0. The second-order valence-electron chi connectivity index (χ2n) is 6.78. The first-order valence-corrected chi connectivity index (χ1v) is 8.65. The van der Waals surface area contributed by atoms with E-state index in [1.807, 2.05) is 25.3 Å². The van der Waals surface area contributed by atoms with Crippen molar-refractivity contribution in [1.82, 2.24) is 9.88 Å². The molecule has 0 N–H and O–H groups in total. The fourth-order valence-corrected chi connectivity index (χ4v) is 3.63. The van der Waals surface area contributed by atoms with Gasteiger partial charge in [-0.1, -0.05) is 30.3 Å². The lowest BCUT2D eigenvalue weighted by molar-refractivity contribution is 0.0766. The molecule has 3 aromatic rings. The highest BCUT2D eigenvalue weighted by Gasteiger charge is 2.29. The summed E-state index contributed by atoms with van der Waals surface area (Å²) in [6, 6.07) is 14.6. The second-order valence-corrected chi connectivity index (χ2v) is 6.78. The zero-order valence-electron chi connectivity index (χ0n) is 14.6. The molecule has 0 saturated carbocycles. The summed E-state index contributed by atoms with van der Waals surface area (Å²) in [7, 11) is 0. The number of amides is 1. The Kier molecular flexibility index (Phi) is 4.25. The lowest BCUT2D eigenvalue weighted by atomic mass is 9.97. The number of benzene rings is 2. The van der Waals surface area contributed by atoms with E-state index in [0.29, 0.717) is 13.1 Å². The molecule has 0 saturated heterocycles. The molecule has 3 nitrogen and oxygen atoms in total. The number of aromatic nitrogens is 1. The molecule has 2 aromatic carbocycles. The molecular formula is C22H19FN2O. The Balaban J connectivity index is 1.58. The van der Waals surface area contributed by atoms with E-state index in [1.54, 1.807) is 17.2 Å². The van der Waals surface area contributed by atoms with Gasteiger partial charge in [0.2, 0.25) is 0 Å². The minimum Gasteiger partial charge on any atom is -0.330 e. The van der Waals surface area contributed by atoms with Crippen molar-refractivity contribution in [3.8, 4) is 0 Å². The molecule has 0 atom stereocenters. The number of hydrogen-bond donors (Lipinski definition) is 0. The highest BCUT2D eigenvalue weighted by molar-refractivity contribution is 5.99. The Morgan fingerprint density at radius 2 is 1.92 bits per heavy atom. The summed E-state index contributed by atoms with van der Waals surface area (Å²) in [5.74, 6) is -0.253. The van der Waals surface area contributed by atoms with E-state index in [0.717, 1.165) is 34.2 Å². The van der Waals surface area contributed by atoms with Crippen LogP contribution >= 0.6 is 0 Å². The average molecular weight is 346 g/mol. The van der Waals surface area contributed by atoms with Crippen molar-refractivity contribution < 1.29 is 9.18 Å². The fourth-order valence-electron chi connectivity index (χ4n) is 3.63. The first-order chi connectivity index (χ1) is 12.6. The summed E-state index contributed by atoms with van der Waals surface area (Å²) in [5, 5.41) is 0. The number of hydrogen-bond acceptors (Lipinski definition) is 2. The van der Waals surface area contributed by atoms with Crippen LogP contribution in [0.25, 0.3) is 0 Å². The number of carbonyl (C=O) groups excluding carboxylic acids is 1. The summed E-state index contributed by atoms with van der Waals surface area (Å²) in [4.78, 5) is 18.7. The van der Waals surface area contributed by atoms with Gasteiger partial charge in [-0.15, -0.1) is 0 Å². The van der Waals surface area contributed by atoms with Gasteiger partial charge in [-0.2, -0.15) is 0 Å². The van der Waals surface area contributed by atoms with Crippen molar-refractivity contribution in [3.63, 3.8) is 0 Å². The number of nitrogens with zero attached hydrogens (tertiary/aromatic N) is 2. The van der Waals surface area contributed by atoms with Crippen LogP contribution in [0, 0.1) is 12.7 Å². The predicted molar refractivity (Wildman–Crippen MR) is 98.2 cm³/mol. The van der Waals surface area contributed by atoms with Gasteiger partial charge in [0.05, 0.1) is 0 Å². The van der Waals surface area contributed by atoms with E-state index < -0.39 is 0 Å². The molecule has 1 aliphatic rings. The summed E-state index contributed by atoms with van der Waals surface area (Å²) in [6.07, 6.45) is 4.42. The van der Waals surface area contributed by atoms with Crippen LogP contribution in [0.5, 0.6) is 0 Å². The van der Waals surface area contributed by atoms with Crippen LogP contribution in [0.4, 0.5) is 4.39 Å². The molecule has 0 fully saturated rings. The molecule has 0 radical (unpaired) electrons. The summed E-state index contributed by atoms with van der Waals surface area (Å²) in [5.41, 5.74) is 5.96. The predicted octanol–water partition coefficient (Wildman–Crippen LogP) is 4.28. The molecule has 4 heteroatoms. The third-order valence-corrected chi connectivity index (χ3v) is 4.73. The van der Waals surface area contributed by atoms with Gasteiger partial charge in [0.15, 0.2) is 0 Å². The van der Waals surface area contributed by atoms with Gasteiger partial charge >= 0.3 is 0 Å². The third kappa shape index (κ3) is 3.23. The Labute approximate surface area is 152 Å². The van der Waals surface area contributed by atoms with Crippen molar-refractivity contribution in [1.29, 1.82) is 0 Å². The van der Waals surface area contributed by atoms with Crippen LogP contribution in [-0.4, -0.2) is 15.8 Å². The Bertz CT molecular complexity index is 969. The van der Waals surface area contributed by atoms with Gasteiger partial charge in [-0.05, 0) is 59.4 Å². The number of rotatable bonds is 4. The molecule has 0 unspecified atom stereocenters. The van der Waals surface area contributed by atoms with Crippen LogP contribution in [0.15, 0.2) is 60.9 Å². The molecule has 0 spiro atoms. The van der Waals surface area contributed by atoms with E-state index in [9.17, 15) is 9.18 Å². The van der Waals surface area contributed by atoms with E-state index >= 15 is 0 Å². The maximum Gasteiger partial charge on any atom is 0.255 e. The van der Waals surface area contributed by atoms with Gasteiger partial charge in [0, 0.05) is 31.0 Å². The van der Waals surface area contributed by atoms with E-state index in [4.69, 9.17) is 0 Å². The topological polar surface area (TPSA) is 33.2 Å². The lowest BCUT2D eigenvalue weighted by Gasteiger charge is -2.15. The number of fused-ring (bicyclic) bond motifs is 1. The highest BCUT2D eigenvalue weighted by atomic mass is 19.1. The first kappa shape index (κ1) is 16.5. The zero-order chi connectivity index (χ0) is 18.1. The molecule has 2 heterocycles. The standard InChI is InChI=1S/C22H19FN2O/c1-15-8-18(9-16-5-3-7-24-12-16)10-19-14-25(22(26)21(15)19)13-17-4-2-6-20(23)11-17/h2-8,10-12H,9,13-14H2,1H3. The van der Waals surface area contributed by atoms with Crippen LogP contribution in [0.2, 0.25) is 0 Å². The molecule has 4 rings (SSSR count). The number of aryl methyl sites for hydroxylation is 1. The van der Waals surface area contributed by atoms with E-state index in [-0.39, 0.29) is 11.7 Å². The molecule has 1 aliphatic heterocycles. The minimum absolute atomic E-state index is 0.0229. The lowest BCUT2D eigenvalue weighted by Crippen LogP contribution is -2.23. The van der Waals surface area contributed by atoms with Crippen LogP contribution < -0.4 is 0 Å². The van der Waals surface area contributed by atoms with Crippen LogP contribution in [0.3, 0.4) is 0 Å². The minimum atomic E-state index is -0.276. The molecule has 1 amide bonds. The van der Waals surface area contributed by atoms with Crippen LogP contribution in [-0.2, 0) is 19.5 Å².